The van der Waals surface area contributed by atoms with E-state index in [9.17, 15) is 22.8 Å². The molecular formula is C4H2BrF3O3. The molecule has 0 aliphatic heterocycles. The molecule has 64 valence electrons. The second-order valence-corrected chi connectivity index (χ2v) is 2.48. The Morgan fingerprint density at radius 3 is 1.82 bits per heavy atom. The zero-order valence-corrected chi connectivity index (χ0v) is 6.44. The fraction of sp³-hybridized carbons (Fsp3) is 0.500. The molecule has 1 N–H and O–H groups in total. The van der Waals surface area contributed by atoms with Crippen LogP contribution in [0.15, 0.2) is 0 Å². The molecule has 0 rings (SSSR count). The van der Waals surface area contributed by atoms with Gasteiger partial charge in [0.05, 0.1) is 0 Å². The minimum Gasteiger partial charge on any atom is -0.480 e. The molecule has 3 nitrogen and oxygen atoms in total. The molecule has 0 heterocycles. The Morgan fingerprint density at radius 2 is 1.73 bits per heavy atom. The Bertz CT molecular complexity index is 188. The molecule has 0 aliphatic rings. The SMILES string of the molecule is O=C(O)[C@H](Br)C(=O)C(F)(F)F. The van der Waals surface area contributed by atoms with Crippen molar-refractivity contribution in [2.24, 2.45) is 0 Å². The van der Waals surface area contributed by atoms with Crippen molar-refractivity contribution in [1.29, 1.82) is 0 Å². The van der Waals surface area contributed by atoms with E-state index in [1.54, 1.807) is 0 Å². The van der Waals surface area contributed by atoms with Gasteiger partial charge < -0.3 is 5.11 Å². The minimum absolute atomic E-state index is 1.85. The Morgan fingerprint density at radius 1 is 1.36 bits per heavy atom. The van der Waals surface area contributed by atoms with Crippen molar-refractivity contribution >= 4 is 27.7 Å². The Labute approximate surface area is 67.3 Å². The molecule has 0 spiro atoms. The van der Waals surface area contributed by atoms with E-state index >= 15 is 0 Å². The summed E-state index contributed by atoms with van der Waals surface area (Å²) in [5, 5.41) is 7.95. The number of carboxylic acid groups (broad SMARTS) is 1. The van der Waals surface area contributed by atoms with Gasteiger partial charge in [0, 0.05) is 0 Å². The molecular weight excluding hydrogens is 233 g/mol. The van der Waals surface area contributed by atoms with Gasteiger partial charge in [-0.15, -0.1) is 0 Å². The van der Waals surface area contributed by atoms with Gasteiger partial charge in [0.1, 0.15) is 0 Å². The van der Waals surface area contributed by atoms with Crippen LogP contribution in [0.5, 0.6) is 0 Å². The van der Waals surface area contributed by atoms with E-state index in [0.29, 0.717) is 0 Å². The van der Waals surface area contributed by atoms with Gasteiger partial charge in [0.15, 0.2) is 4.83 Å². The lowest BCUT2D eigenvalue weighted by Crippen LogP contribution is -2.35. The normalized spacial score (nSPS) is 14.2. The van der Waals surface area contributed by atoms with Crippen LogP contribution >= 0.6 is 15.9 Å². The van der Waals surface area contributed by atoms with E-state index in [0.717, 1.165) is 0 Å². The number of aliphatic carboxylic acids is 1. The number of Topliss-reactive ketones (excluding diaryl/α,β-unsaturated/α-hetero) is 1. The van der Waals surface area contributed by atoms with Gasteiger partial charge in [-0.1, -0.05) is 15.9 Å². The third kappa shape index (κ3) is 2.87. The predicted molar refractivity (Wildman–Crippen MR) is 31.4 cm³/mol. The van der Waals surface area contributed by atoms with Gasteiger partial charge in [0.25, 0.3) is 5.78 Å². The Hall–Kier alpha value is -0.590. The average molecular weight is 235 g/mol. The van der Waals surface area contributed by atoms with Crippen LogP contribution in [0.3, 0.4) is 0 Å². The van der Waals surface area contributed by atoms with Crippen LogP contribution in [0.1, 0.15) is 0 Å². The molecule has 0 aliphatic carbocycles. The number of ketones is 1. The van der Waals surface area contributed by atoms with Crippen LogP contribution in [0.2, 0.25) is 0 Å². The van der Waals surface area contributed by atoms with E-state index in [2.05, 4.69) is 15.9 Å². The van der Waals surface area contributed by atoms with Crippen molar-refractivity contribution in [3.8, 4) is 0 Å². The second-order valence-electron chi connectivity index (χ2n) is 1.56. The first-order valence-electron chi connectivity index (χ1n) is 2.24. The van der Waals surface area contributed by atoms with Crippen molar-refractivity contribution in [1.82, 2.24) is 0 Å². The van der Waals surface area contributed by atoms with Gasteiger partial charge in [0.2, 0.25) is 0 Å². The first-order valence-corrected chi connectivity index (χ1v) is 3.16. The van der Waals surface area contributed by atoms with Crippen molar-refractivity contribution in [3.05, 3.63) is 0 Å². The summed E-state index contributed by atoms with van der Waals surface area (Å²) in [7, 11) is 0. The number of carbonyl (C=O) groups excluding carboxylic acids is 1. The van der Waals surface area contributed by atoms with E-state index < -0.39 is 22.8 Å². The molecule has 11 heavy (non-hydrogen) atoms. The van der Waals surface area contributed by atoms with Gasteiger partial charge >= 0.3 is 12.1 Å². The van der Waals surface area contributed by atoms with Gasteiger partial charge in [-0.25, -0.2) is 0 Å². The number of rotatable bonds is 2. The number of hydrogen-bond acceptors (Lipinski definition) is 2. The molecule has 0 amide bonds. The summed E-state index contributed by atoms with van der Waals surface area (Å²) in [4.78, 5) is 17.7. The van der Waals surface area contributed by atoms with E-state index in [-0.39, 0.29) is 0 Å². The predicted octanol–water partition coefficient (Wildman–Crippen LogP) is 0.966. The van der Waals surface area contributed by atoms with Crippen LogP contribution in [-0.4, -0.2) is 27.9 Å². The highest BCUT2D eigenvalue weighted by molar-refractivity contribution is 9.10. The molecule has 0 bridgehead atoms. The lowest BCUT2D eigenvalue weighted by molar-refractivity contribution is -0.172. The summed E-state index contributed by atoms with van der Waals surface area (Å²) >= 11 is 2.07. The summed E-state index contributed by atoms with van der Waals surface area (Å²) in [6.07, 6.45) is -5.10. The van der Waals surface area contributed by atoms with Crippen molar-refractivity contribution in [2.75, 3.05) is 0 Å². The number of carboxylic acids is 1. The zero-order chi connectivity index (χ0) is 9.23. The first-order chi connectivity index (χ1) is 4.76. The van der Waals surface area contributed by atoms with E-state index in [4.69, 9.17) is 5.11 Å². The fourth-order valence-electron chi connectivity index (χ4n) is 0.256. The largest absolute Gasteiger partial charge is 0.480 e. The molecule has 0 saturated carbocycles. The molecule has 0 fully saturated rings. The lowest BCUT2D eigenvalue weighted by atomic mass is 10.3. The van der Waals surface area contributed by atoms with Gasteiger partial charge in [-0.05, 0) is 0 Å². The maximum absolute atomic E-state index is 11.4. The average Bonchev–Trinajstić information content (AvgIpc) is 1.82. The number of carbonyl (C=O) groups is 2. The maximum Gasteiger partial charge on any atom is 0.451 e. The van der Waals surface area contributed by atoms with Crippen LogP contribution < -0.4 is 0 Å². The van der Waals surface area contributed by atoms with Crippen LogP contribution in [0.25, 0.3) is 0 Å². The quantitative estimate of drug-likeness (QED) is 0.572. The summed E-state index contributed by atoms with van der Waals surface area (Å²) in [5.74, 6) is -4.17. The van der Waals surface area contributed by atoms with Crippen LogP contribution in [0.4, 0.5) is 13.2 Å². The zero-order valence-electron chi connectivity index (χ0n) is 4.85. The second kappa shape index (κ2) is 3.21. The molecule has 0 radical (unpaired) electrons. The van der Waals surface area contributed by atoms with Crippen molar-refractivity contribution in [2.45, 2.75) is 11.0 Å². The fourth-order valence-corrected chi connectivity index (χ4v) is 0.515. The van der Waals surface area contributed by atoms with Crippen LogP contribution in [-0.2, 0) is 9.59 Å². The standard InChI is InChI=1S/C4H2BrF3O3/c5-1(3(10)11)2(9)4(6,7)8/h1H,(H,10,11)/t1-/m1/s1. The third-order valence-electron chi connectivity index (χ3n) is 0.726. The van der Waals surface area contributed by atoms with E-state index in [1.165, 1.54) is 0 Å². The lowest BCUT2D eigenvalue weighted by Gasteiger charge is -2.05. The highest BCUT2D eigenvalue weighted by atomic mass is 79.9. The summed E-state index contributed by atoms with van der Waals surface area (Å²) in [6.45, 7) is 0. The van der Waals surface area contributed by atoms with Crippen LogP contribution in [0, 0.1) is 0 Å². The Kier molecular flexibility index (Phi) is 3.03. The topological polar surface area (TPSA) is 54.4 Å². The van der Waals surface area contributed by atoms with Gasteiger partial charge in [-0.3, -0.25) is 9.59 Å². The Balaban J connectivity index is 4.39. The van der Waals surface area contributed by atoms with E-state index in [1.807, 2.05) is 0 Å². The maximum atomic E-state index is 11.4. The summed E-state index contributed by atoms with van der Waals surface area (Å²) in [5.41, 5.74) is 0. The molecule has 0 saturated heterocycles. The molecule has 7 heteroatoms. The smallest absolute Gasteiger partial charge is 0.451 e. The third-order valence-corrected chi connectivity index (χ3v) is 1.53. The highest BCUT2D eigenvalue weighted by Crippen LogP contribution is 2.21. The number of hydrogen-bond donors (Lipinski definition) is 1. The number of halogens is 4. The first kappa shape index (κ1) is 10.4. The minimum atomic E-state index is -5.10. The molecule has 0 aromatic heterocycles. The monoisotopic (exact) mass is 234 g/mol. The summed E-state index contributed by atoms with van der Waals surface area (Å²) in [6, 6.07) is 0. The molecule has 1 atom stereocenters. The molecule has 0 aromatic rings. The number of alkyl halides is 4. The molecule has 0 aromatic carbocycles. The summed E-state index contributed by atoms with van der Waals surface area (Å²) < 4.78 is 34.3. The van der Waals surface area contributed by atoms with Crippen molar-refractivity contribution in [3.63, 3.8) is 0 Å². The highest BCUT2D eigenvalue weighted by Gasteiger charge is 2.45. The molecule has 0 unspecified atom stereocenters. The van der Waals surface area contributed by atoms with Gasteiger partial charge in [-0.2, -0.15) is 13.2 Å². The van der Waals surface area contributed by atoms with Crippen molar-refractivity contribution < 1.29 is 27.9 Å².